The Morgan fingerprint density at radius 1 is 1.26 bits per heavy atom. The maximum absolute atomic E-state index is 11.5. The van der Waals surface area contributed by atoms with Crippen LogP contribution < -0.4 is 5.32 Å². The van der Waals surface area contributed by atoms with Gasteiger partial charge in [-0.2, -0.15) is 0 Å². The first-order valence-corrected chi connectivity index (χ1v) is 7.11. The van der Waals surface area contributed by atoms with Crippen LogP contribution >= 0.6 is 0 Å². The topological polar surface area (TPSA) is 38.3 Å². The molecular formula is C16H23NO2. The molecule has 1 aromatic carbocycles. The van der Waals surface area contributed by atoms with E-state index >= 15 is 0 Å². The molecule has 3 heteroatoms. The number of carbonyl (C=O) groups excluding carboxylic acids is 1. The van der Waals surface area contributed by atoms with Crippen molar-refractivity contribution in [3.8, 4) is 0 Å². The van der Waals surface area contributed by atoms with Crippen molar-refractivity contribution in [1.82, 2.24) is 5.32 Å². The van der Waals surface area contributed by atoms with Gasteiger partial charge in [0.25, 0.3) is 0 Å². The lowest BCUT2D eigenvalue weighted by Crippen LogP contribution is -2.46. The van der Waals surface area contributed by atoms with E-state index in [1.807, 2.05) is 13.0 Å². The van der Waals surface area contributed by atoms with Crippen LogP contribution in [-0.4, -0.2) is 25.2 Å². The smallest absolute Gasteiger partial charge is 0.322 e. The largest absolute Gasteiger partial charge is 0.468 e. The van der Waals surface area contributed by atoms with Crippen LogP contribution in [0.2, 0.25) is 0 Å². The number of esters is 1. The highest BCUT2D eigenvalue weighted by molar-refractivity contribution is 5.75. The highest BCUT2D eigenvalue weighted by atomic mass is 16.5. The molecule has 3 atom stereocenters. The lowest BCUT2D eigenvalue weighted by atomic mass is 9.79. The number of hydrogen-bond acceptors (Lipinski definition) is 3. The fourth-order valence-electron chi connectivity index (χ4n) is 3.00. The van der Waals surface area contributed by atoms with E-state index in [1.54, 1.807) is 0 Å². The fraction of sp³-hybridized carbons (Fsp3) is 0.562. The highest BCUT2D eigenvalue weighted by Crippen LogP contribution is 2.33. The van der Waals surface area contributed by atoms with Gasteiger partial charge in [-0.25, -0.2) is 0 Å². The minimum absolute atomic E-state index is 0.183. The molecule has 0 aliphatic heterocycles. The second kappa shape index (κ2) is 6.71. The molecule has 1 aromatic rings. The molecule has 1 fully saturated rings. The molecule has 0 heterocycles. The summed E-state index contributed by atoms with van der Waals surface area (Å²) in [7, 11) is 1.44. The molecule has 1 aliphatic rings. The SMILES string of the molecule is COC(=O)[C@H](C)NC1CCCCC1c1ccccc1. The van der Waals surface area contributed by atoms with Crippen molar-refractivity contribution in [3.05, 3.63) is 35.9 Å². The van der Waals surface area contributed by atoms with Gasteiger partial charge in [0.15, 0.2) is 0 Å². The molecule has 2 rings (SSSR count). The Morgan fingerprint density at radius 2 is 1.95 bits per heavy atom. The van der Waals surface area contributed by atoms with Crippen molar-refractivity contribution in [1.29, 1.82) is 0 Å². The van der Waals surface area contributed by atoms with Gasteiger partial charge in [-0.3, -0.25) is 4.79 Å². The zero-order valence-corrected chi connectivity index (χ0v) is 11.8. The van der Waals surface area contributed by atoms with Crippen LogP contribution in [0.3, 0.4) is 0 Å². The number of nitrogens with one attached hydrogen (secondary N) is 1. The summed E-state index contributed by atoms with van der Waals surface area (Å²) >= 11 is 0. The quantitative estimate of drug-likeness (QED) is 0.847. The molecule has 19 heavy (non-hydrogen) atoms. The second-order valence-corrected chi connectivity index (χ2v) is 5.32. The monoisotopic (exact) mass is 261 g/mol. The molecule has 2 unspecified atom stereocenters. The fourth-order valence-corrected chi connectivity index (χ4v) is 3.00. The number of ether oxygens (including phenoxy) is 1. The first-order chi connectivity index (χ1) is 9.22. The van der Waals surface area contributed by atoms with E-state index in [2.05, 4.69) is 29.6 Å². The summed E-state index contributed by atoms with van der Waals surface area (Å²) in [6.07, 6.45) is 4.82. The molecule has 0 radical (unpaired) electrons. The van der Waals surface area contributed by atoms with Gasteiger partial charge in [-0.1, -0.05) is 43.2 Å². The van der Waals surface area contributed by atoms with Crippen LogP contribution in [0.25, 0.3) is 0 Å². The highest BCUT2D eigenvalue weighted by Gasteiger charge is 2.28. The summed E-state index contributed by atoms with van der Waals surface area (Å²) in [5, 5.41) is 3.44. The number of hydrogen-bond donors (Lipinski definition) is 1. The maximum Gasteiger partial charge on any atom is 0.322 e. The van der Waals surface area contributed by atoms with Crippen molar-refractivity contribution >= 4 is 5.97 Å². The molecular weight excluding hydrogens is 238 g/mol. The van der Waals surface area contributed by atoms with E-state index in [4.69, 9.17) is 4.74 Å². The molecule has 0 saturated heterocycles. The lowest BCUT2D eigenvalue weighted by Gasteiger charge is -2.34. The predicted molar refractivity (Wildman–Crippen MR) is 76.1 cm³/mol. The second-order valence-electron chi connectivity index (χ2n) is 5.32. The molecule has 0 bridgehead atoms. The minimum Gasteiger partial charge on any atom is -0.468 e. The van der Waals surface area contributed by atoms with Gasteiger partial charge >= 0.3 is 5.97 Å². The standard InChI is InChI=1S/C16H23NO2/c1-12(16(18)19-2)17-15-11-7-6-10-14(15)13-8-4-3-5-9-13/h3-5,8-9,12,14-15,17H,6-7,10-11H2,1-2H3/t12-,14?,15?/m0/s1. The zero-order valence-electron chi connectivity index (χ0n) is 11.8. The van der Waals surface area contributed by atoms with Crippen molar-refractivity contribution in [3.63, 3.8) is 0 Å². The van der Waals surface area contributed by atoms with Gasteiger partial charge in [0.1, 0.15) is 6.04 Å². The van der Waals surface area contributed by atoms with Gasteiger partial charge in [0.05, 0.1) is 7.11 Å². The number of carbonyl (C=O) groups is 1. The Hall–Kier alpha value is -1.35. The van der Waals surface area contributed by atoms with E-state index in [9.17, 15) is 4.79 Å². The molecule has 1 aliphatic carbocycles. The Morgan fingerprint density at radius 3 is 2.63 bits per heavy atom. The molecule has 1 N–H and O–H groups in total. The summed E-state index contributed by atoms with van der Waals surface area (Å²) < 4.78 is 4.79. The van der Waals surface area contributed by atoms with E-state index in [1.165, 1.54) is 31.9 Å². The number of benzene rings is 1. The van der Waals surface area contributed by atoms with Crippen molar-refractivity contribution in [2.24, 2.45) is 0 Å². The van der Waals surface area contributed by atoms with Gasteiger partial charge in [-0.05, 0) is 31.2 Å². The van der Waals surface area contributed by atoms with E-state index in [0.717, 1.165) is 6.42 Å². The maximum atomic E-state index is 11.5. The first kappa shape index (κ1) is 14.1. The Labute approximate surface area is 115 Å². The van der Waals surface area contributed by atoms with Gasteiger partial charge in [-0.15, -0.1) is 0 Å². The minimum atomic E-state index is -0.237. The summed E-state index contributed by atoms with van der Waals surface area (Å²) in [6.45, 7) is 1.88. The van der Waals surface area contributed by atoms with Crippen LogP contribution in [0.15, 0.2) is 30.3 Å². The summed E-state index contributed by atoms with van der Waals surface area (Å²) in [5.41, 5.74) is 1.37. The first-order valence-electron chi connectivity index (χ1n) is 7.11. The Balaban J connectivity index is 2.06. The molecule has 1 saturated carbocycles. The van der Waals surface area contributed by atoms with Crippen LogP contribution in [0.1, 0.15) is 44.1 Å². The van der Waals surface area contributed by atoms with Crippen LogP contribution in [0.5, 0.6) is 0 Å². The summed E-state index contributed by atoms with van der Waals surface area (Å²) in [4.78, 5) is 11.5. The normalized spacial score (nSPS) is 24.7. The lowest BCUT2D eigenvalue weighted by molar-refractivity contribution is -0.142. The van der Waals surface area contributed by atoms with Crippen LogP contribution in [0, 0.1) is 0 Å². The Kier molecular flexibility index (Phi) is 4.97. The molecule has 0 aromatic heterocycles. The van der Waals surface area contributed by atoms with E-state index in [-0.39, 0.29) is 12.0 Å². The third kappa shape index (κ3) is 3.57. The van der Waals surface area contributed by atoms with Crippen molar-refractivity contribution in [2.75, 3.05) is 7.11 Å². The molecule has 3 nitrogen and oxygen atoms in total. The average molecular weight is 261 g/mol. The molecule has 104 valence electrons. The Bertz CT molecular complexity index is 404. The number of methoxy groups -OCH3 is 1. The van der Waals surface area contributed by atoms with Crippen LogP contribution in [0.4, 0.5) is 0 Å². The third-order valence-corrected chi connectivity index (χ3v) is 4.01. The predicted octanol–water partition coefficient (Wildman–Crippen LogP) is 2.86. The van der Waals surface area contributed by atoms with Crippen molar-refractivity contribution < 1.29 is 9.53 Å². The van der Waals surface area contributed by atoms with E-state index in [0.29, 0.717) is 12.0 Å². The summed E-state index contributed by atoms with van der Waals surface area (Å²) in [5.74, 6) is 0.319. The van der Waals surface area contributed by atoms with Crippen LogP contribution in [-0.2, 0) is 9.53 Å². The zero-order chi connectivity index (χ0) is 13.7. The summed E-state index contributed by atoms with van der Waals surface area (Å²) in [6, 6.07) is 10.7. The van der Waals surface area contributed by atoms with Gasteiger partial charge in [0, 0.05) is 6.04 Å². The molecule has 0 amide bonds. The average Bonchev–Trinajstić information content (AvgIpc) is 2.47. The van der Waals surface area contributed by atoms with Gasteiger partial charge in [0.2, 0.25) is 0 Å². The van der Waals surface area contributed by atoms with Crippen molar-refractivity contribution in [2.45, 2.75) is 50.6 Å². The van der Waals surface area contributed by atoms with Gasteiger partial charge < -0.3 is 10.1 Å². The molecule has 0 spiro atoms. The third-order valence-electron chi connectivity index (χ3n) is 4.01. The number of rotatable bonds is 4. The van der Waals surface area contributed by atoms with E-state index < -0.39 is 0 Å².